The Kier molecular flexibility index (Phi) is 4.48. The quantitative estimate of drug-likeness (QED) is 0.656. The van der Waals surface area contributed by atoms with Crippen molar-refractivity contribution in [2.24, 2.45) is 5.92 Å². The third-order valence-electron chi connectivity index (χ3n) is 4.44. The molecule has 1 fully saturated rings. The van der Waals surface area contributed by atoms with Crippen molar-refractivity contribution in [3.63, 3.8) is 0 Å². The molecule has 1 saturated carbocycles. The van der Waals surface area contributed by atoms with Crippen LogP contribution in [0.5, 0.6) is 5.75 Å². The van der Waals surface area contributed by atoms with E-state index in [1.54, 1.807) is 0 Å². The van der Waals surface area contributed by atoms with E-state index in [9.17, 15) is 4.39 Å². The predicted molar refractivity (Wildman–Crippen MR) is 88.5 cm³/mol. The maximum absolute atomic E-state index is 13.5. The van der Waals surface area contributed by atoms with E-state index in [1.807, 2.05) is 30.3 Å². The molecule has 0 unspecified atom stereocenters. The number of benzene rings is 2. The van der Waals surface area contributed by atoms with Gasteiger partial charge in [-0.25, -0.2) is 4.39 Å². The van der Waals surface area contributed by atoms with Crippen molar-refractivity contribution in [3.05, 3.63) is 40.4 Å². The van der Waals surface area contributed by atoms with Crippen LogP contribution >= 0.6 is 15.9 Å². The predicted octanol–water partition coefficient (Wildman–Crippen LogP) is 6.03. The lowest BCUT2D eigenvalue weighted by molar-refractivity contribution is 0.133. The molecule has 0 atom stereocenters. The number of alkyl halides is 1. The smallest absolute Gasteiger partial charge is 0.126 e. The number of hydrogen-bond donors (Lipinski definition) is 0. The lowest BCUT2D eigenvalue weighted by Crippen LogP contribution is -2.23. The van der Waals surface area contributed by atoms with Gasteiger partial charge in [0.25, 0.3) is 0 Å². The van der Waals surface area contributed by atoms with Crippen molar-refractivity contribution in [2.75, 3.05) is 0 Å². The second-order valence-corrected chi connectivity index (χ2v) is 6.96. The molecular formula is C18H20BrFO. The number of halogens is 2. The molecule has 2 aromatic rings. The maximum Gasteiger partial charge on any atom is 0.126 e. The van der Waals surface area contributed by atoms with Crippen LogP contribution in [0, 0.1) is 5.92 Å². The average Bonchev–Trinajstić information content (AvgIpc) is 2.49. The van der Waals surface area contributed by atoms with Crippen LogP contribution in [0.2, 0.25) is 0 Å². The van der Waals surface area contributed by atoms with Gasteiger partial charge < -0.3 is 4.74 Å². The Morgan fingerprint density at radius 3 is 2.62 bits per heavy atom. The zero-order valence-corrected chi connectivity index (χ0v) is 13.8. The van der Waals surface area contributed by atoms with E-state index in [-0.39, 0.29) is 6.10 Å². The number of rotatable bonds is 3. The van der Waals surface area contributed by atoms with Gasteiger partial charge in [-0.1, -0.05) is 35.0 Å². The third kappa shape index (κ3) is 3.23. The van der Waals surface area contributed by atoms with Crippen LogP contribution in [-0.4, -0.2) is 6.10 Å². The van der Waals surface area contributed by atoms with Gasteiger partial charge in [0.2, 0.25) is 0 Å². The molecular weight excluding hydrogens is 331 g/mol. The van der Waals surface area contributed by atoms with Gasteiger partial charge in [0, 0.05) is 10.0 Å². The summed E-state index contributed by atoms with van der Waals surface area (Å²) in [5.41, 5.74) is 0.679. The van der Waals surface area contributed by atoms with Gasteiger partial charge in [-0.2, -0.15) is 0 Å². The van der Waals surface area contributed by atoms with E-state index in [1.165, 1.54) is 12.8 Å². The van der Waals surface area contributed by atoms with E-state index >= 15 is 0 Å². The largest absolute Gasteiger partial charge is 0.490 e. The van der Waals surface area contributed by atoms with E-state index < -0.39 is 6.67 Å². The molecule has 0 heterocycles. The first-order chi connectivity index (χ1) is 10.2. The first-order valence-electron chi connectivity index (χ1n) is 7.61. The van der Waals surface area contributed by atoms with Crippen molar-refractivity contribution in [1.82, 2.24) is 0 Å². The number of hydrogen-bond acceptors (Lipinski definition) is 1. The summed E-state index contributed by atoms with van der Waals surface area (Å²) in [6.45, 7) is 1.80. The minimum Gasteiger partial charge on any atom is -0.490 e. The molecule has 0 N–H and O–H groups in total. The van der Waals surface area contributed by atoms with Gasteiger partial charge in [-0.15, -0.1) is 0 Å². The van der Waals surface area contributed by atoms with Crippen LogP contribution < -0.4 is 4.74 Å². The summed E-state index contributed by atoms with van der Waals surface area (Å²) in [5.74, 6) is 1.51. The highest BCUT2D eigenvalue weighted by Crippen LogP contribution is 2.34. The number of ether oxygens (including phenoxy) is 1. The Morgan fingerprint density at radius 1 is 1.14 bits per heavy atom. The molecule has 0 bridgehead atoms. The van der Waals surface area contributed by atoms with Crippen molar-refractivity contribution in [3.8, 4) is 5.75 Å². The monoisotopic (exact) mass is 350 g/mol. The highest BCUT2D eigenvalue weighted by molar-refractivity contribution is 9.10. The fraction of sp³-hybridized carbons (Fsp3) is 0.444. The van der Waals surface area contributed by atoms with Gasteiger partial charge in [0.05, 0.1) is 6.10 Å². The minimum atomic E-state index is -0.489. The topological polar surface area (TPSA) is 9.23 Å². The van der Waals surface area contributed by atoms with Crippen LogP contribution in [0.4, 0.5) is 4.39 Å². The fourth-order valence-corrected chi connectivity index (χ4v) is 3.50. The van der Waals surface area contributed by atoms with Crippen LogP contribution in [0.25, 0.3) is 10.8 Å². The minimum absolute atomic E-state index is 0.236. The normalized spacial score (nSPS) is 22.4. The lowest BCUT2D eigenvalue weighted by atomic mass is 9.89. The van der Waals surface area contributed by atoms with E-state index in [4.69, 9.17) is 4.74 Å². The highest BCUT2D eigenvalue weighted by atomic mass is 79.9. The van der Waals surface area contributed by atoms with Gasteiger partial charge >= 0.3 is 0 Å². The Morgan fingerprint density at radius 2 is 1.90 bits per heavy atom. The lowest BCUT2D eigenvalue weighted by Gasteiger charge is -2.27. The fourth-order valence-electron chi connectivity index (χ4n) is 3.12. The zero-order valence-electron chi connectivity index (χ0n) is 12.2. The van der Waals surface area contributed by atoms with E-state index in [2.05, 4.69) is 22.9 Å². The molecule has 112 valence electrons. The number of fused-ring (bicyclic) bond motifs is 1. The van der Waals surface area contributed by atoms with E-state index in [0.717, 1.165) is 34.0 Å². The summed E-state index contributed by atoms with van der Waals surface area (Å²) >= 11 is 3.46. The Balaban J connectivity index is 1.89. The second-order valence-electron chi connectivity index (χ2n) is 6.04. The van der Waals surface area contributed by atoms with Crippen molar-refractivity contribution >= 4 is 26.7 Å². The Hall–Kier alpha value is -1.09. The standard InChI is InChI=1S/C18H20BrFO/c1-12-2-6-15(7-3-12)21-18-9-4-13-10-14(19)5-8-16(13)17(18)11-20/h4-5,8-10,12,15H,2-3,6-7,11H2,1H3. The molecule has 0 spiro atoms. The SMILES string of the molecule is CC1CCC(Oc2ccc3cc(Br)ccc3c2CF)CC1. The highest BCUT2D eigenvalue weighted by Gasteiger charge is 2.21. The summed E-state index contributed by atoms with van der Waals surface area (Å²) in [4.78, 5) is 0. The van der Waals surface area contributed by atoms with Crippen molar-refractivity contribution < 1.29 is 9.13 Å². The Labute approximate surface area is 133 Å². The molecule has 1 nitrogen and oxygen atoms in total. The third-order valence-corrected chi connectivity index (χ3v) is 4.93. The first kappa shape index (κ1) is 14.8. The molecule has 1 aliphatic rings. The maximum atomic E-state index is 13.5. The summed E-state index contributed by atoms with van der Waals surface area (Å²) in [7, 11) is 0. The second kappa shape index (κ2) is 6.35. The van der Waals surface area contributed by atoms with Crippen LogP contribution in [-0.2, 0) is 6.67 Å². The van der Waals surface area contributed by atoms with Crippen molar-refractivity contribution in [2.45, 2.75) is 45.4 Å². The van der Waals surface area contributed by atoms with Gasteiger partial charge in [0.1, 0.15) is 12.4 Å². The summed E-state index contributed by atoms with van der Waals surface area (Å²) < 4.78 is 20.7. The van der Waals surface area contributed by atoms with Crippen molar-refractivity contribution in [1.29, 1.82) is 0 Å². The molecule has 3 heteroatoms. The summed E-state index contributed by atoms with van der Waals surface area (Å²) in [5, 5.41) is 1.99. The van der Waals surface area contributed by atoms with Gasteiger partial charge in [0.15, 0.2) is 0 Å². The molecule has 0 amide bonds. The molecule has 0 saturated heterocycles. The molecule has 0 aliphatic heterocycles. The molecule has 1 aliphatic carbocycles. The zero-order chi connectivity index (χ0) is 14.8. The van der Waals surface area contributed by atoms with Gasteiger partial charge in [-0.05, 0) is 60.6 Å². The molecule has 0 radical (unpaired) electrons. The Bertz CT molecular complexity index is 632. The van der Waals surface area contributed by atoms with Gasteiger partial charge in [-0.3, -0.25) is 0 Å². The van der Waals surface area contributed by atoms with Crippen LogP contribution in [0.1, 0.15) is 38.2 Å². The molecule has 21 heavy (non-hydrogen) atoms. The van der Waals surface area contributed by atoms with Crippen LogP contribution in [0.15, 0.2) is 34.8 Å². The molecule has 2 aromatic carbocycles. The first-order valence-corrected chi connectivity index (χ1v) is 8.40. The molecule has 0 aromatic heterocycles. The summed E-state index contributed by atoms with van der Waals surface area (Å²) in [6, 6.07) is 9.86. The average molecular weight is 351 g/mol. The molecule has 3 rings (SSSR count). The van der Waals surface area contributed by atoms with Crippen LogP contribution in [0.3, 0.4) is 0 Å². The summed E-state index contributed by atoms with van der Waals surface area (Å²) in [6.07, 6.45) is 4.79. The van der Waals surface area contributed by atoms with E-state index in [0.29, 0.717) is 11.3 Å².